The van der Waals surface area contributed by atoms with Crippen LogP contribution in [0.3, 0.4) is 0 Å². The Labute approximate surface area is 103 Å². The molecule has 3 nitrogen and oxygen atoms in total. The maximum absolute atomic E-state index is 12.3. The third-order valence-electron chi connectivity index (χ3n) is 4.41. The summed E-state index contributed by atoms with van der Waals surface area (Å²) in [7, 11) is 0. The summed E-state index contributed by atoms with van der Waals surface area (Å²) in [6.45, 7) is 2.19. The van der Waals surface area contributed by atoms with E-state index in [1.807, 2.05) is 6.92 Å². The highest BCUT2D eigenvalue weighted by molar-refractivity contribution is 6.04. The summed E-state index contributed by atoms with van der Waals surface area (Å²) < 4.78 is 5.21. The van der Waals surface area contributed by atoms with Gasteiger partial charge in [0.2, 0.25) is 0 Å². The first-order valence-corrected chi connectivity index (χ1v) is 6.92. The lowest BCUT2D eigenvalue weighted by atomic mass is 9.64. The van der Waals surface area contributed by atoms with E-state index in [9.17, 15) is 9.59 Å². The van der Waals surface area contributed by atoms with Gasteiger partial charge in [-0.1, -0.05) is 19.3 Å². The van der Waals surface area contributed by atoms with Gasteiger partial charge in [-0.15, -0.1) is 0 Å². The number of hydrogen-bond donors (Lipinski definition) is 0. The van der Waals surface area contributed by atoms with Crippen LogP contribution >= 0.6 is 0 Å². The van der Waals surface area contributed by atoms with E-state index in [1.54, 1.807) is 0 Å². The molecule has 0 heterocycles. The van der Waals surface area contributed by atoms with Crippen LogP contribution in [0.15, 0.2) is 0 Å². The van der Waals surface area contributed by atoms with Crippen molar-refractivity contribution in [3.63, 3.8) is 0 Å². The van der Waals surface area contributed by atoms with Gasteiger partial charge < -0.3 is 4.74 Å². The van der Waals surface area contributed by atoms with Crippen molar-refractivity contribution in [3.8, 4) is 0 Å². The van der Waals surface area contributed by atoms with Crippen molar-refractivity contribution in [3.05, 3.63) is 0 Å². The van der Waals surface area contributed by atoms with Crippen LogP contribution in [-0.2, 0) is 14.3 Å². The van der Waals surface area contributed by atoms with Crippen molar-refractivity contribution in [1.82, 2.24) is 0 Å². The Morgan fingerprint density at radius 1 is 1.29 bits per heavy atom. The van der Waals surface area contributed by atoms with Crippen molar-refractivity contribution in [2.75, 3.05) is 6.61 Å². The minimum Gasteiger partial charge on any atom is -0.465 e. The maximum atomic E-state index is 12.3. The molecule has 0 amide bonds. The van der Waals surface area contributed by atoms with Crippen molar-refractivity contribution in [2.45, 2.75) is 58.3 Å². The number of carbonyl (C=O) groups is 2. The van der Waals surface area contributed by atoms with Crippen LogP contribution in [0.1, 0.15) is 58.3 Å². The Hall–Kier alpha value is -0.860. The molecule has 0 aromatic heterocycles. The molecule has 2 aliphatic rings. The average Bonchev–Trinajstić information content (AvgIpc) is 2.84. The van der Waals surface area contributed by atoms with E-state index in [2.05, 4.69) is 0 Å². The SMILES string of the molecule is CCOC(=O)C1(C2CCCC2)CCCCC1=O. The molecule has 0 radical (unpaired) electrons. The van der Waals surface area contributed by atoms with E-state index in [4.69, 9.17) is 4.74 Å². The molecule has 3 heteroatoms. The molecule has 1 unspecified atom stereocenters. The first kappa shape index (κ1) is 12.6. The summed E-state index contributed by atoms with van der Waals surface area (Å²) in [5.74, 6) is 0.153. The Bertz CT molecular complexity index is 305. The Balaban J connectivity index is 2.26. The number of carbonyl (C=O) groups excluding carboxylic acids is 2. The predicted octanol–water partition coefficient (Wildman–Crippen LogP) is 2.87. The van der Waals surface area contributed by atoms with Gasteiger partial charge in [-0.3, -0.25) is 9.59 Å². The second kappa shape index (κ2) is 5.19. The fraction of sp³-hybridized carbons (Fsp3) is 0.857. The van der Waals surface area contributed by atoms with E-state index in [-0.39, 0.29) is 17.7 Å². The van der Waals surface area contributed by atoms with Gasteiger partial charge in [0.1, 0.15) is 11.2 Å². The highest BCUT2D eigenvalue weighted by Gasteiger charge is 2.53. The third-order valence-corrected chi connectivity index (χ3v) is 4.41. The van der Waals surface area contributed by atoms with Gasteiger partial charge >= 0.3 is 5.97 Å². The van der Waals surface area contributed by atoms with Crippen LogP contribution in [0.4, 0.5) is 0 Å². The van der Waals surface area contributed by atoms with Crippen molar-refractivity contribution in [2.24, 2.45) is 11.3 Å². The lowest BCUT2D eigenvalue weighted by Crippen LogP contribution is -2.47. The Kier molecular flexibility index (Phi) is 3.85. The third kappa shape index (κ3) is 2.12. The maximum Gasteiger partial charge on any atom is 0.319 e. The van der Waals surface area contributed by atoms with Crippen molar-refractivity contribution < 1.29 is 14.3 Å². The predicted molar refractivity (Wildman–Crippen MR) is 64.5 cm³/mol. The van der Waals surface area contributed by atoms with Crippen LogP contribution < -0.4 is 0 Å². The molecule has 0 aromatic carbocycles. The van der Waals surface area contributed by atoms with Gasteiger partial charge in [0.15, 0.2) is 0 Å². The van der Waals surface area contributed by atoms with Gasteiger partial charge in [-0.2, -0.15) is 0 Å². The molecule has 2 fully saturated rings. The van der Waals surface area contributed by atoms with Gasteiger partial charge in [0.05, 0.1) is 6.61 Å². The first-order chi connectivity index (χ1) is 8.21. The lowest BCUT2D eigenvalue weighted by molar-refractivity contribution is -0.166. The summed E-state index contributed by atoms with van der Waals surface area (Å²) in [6, 6.07) is 0. The Morgan fingerprint density at radius 2 is 2.00 bits per heavy atom. The molecule has 17 heavy (non-hydrogen) atoms. The highest BCUT2D eigenvalue weighted by Crippen LogP contribution is 2.48. The van der Waals surface area contributed by atoms with Crippen LogP contribution in [0.2, 0.25) is 0 Å². The lowest BCUT2D eigenvalue weighted by Gasteiger charge is -2.38. The summed E-state index contributed by atoms with van der Waals surface area (Å²) in [5, 5.41) is 0. The summed E-state index contributed by atoms with van der Waals surface area (Å²) in [6.07, 6.45) is 7.55. The van der Waals surface area contributed by atoms with E-state index in [0.29, 0.717) is 13.0 Å². The van der Waals surface area contributed by atoms with Crippen LogP contribution in [-0.4, -0.2) is 18.4 Å². The quantitative estimate of drug-likeness (QED) is 0.561. The van der Waals surface area contributed by atoms with Gasteiger partial charge in [0.25, 0.3) is 0 Å². The fourth-order valence-corrected chi connectivity index (χ4v) is 3.54. The van der Waals surface area contributed by atoms with E-state index >= 15 is 0 Å². The molecule has 96 valence electrons. The minimum absolute atomic E-state index is 0.147. The molecule has 0 bridgehead atoms. The summed E-state index contributed by atoms with van der Waals surface area (Å²) in [4.78, 5) is 24.6. The molecular formula is C14H22O3. The van der Waals surface area contributed by atoms with E-state index < -0.39 is 5.41 Å². The fourth-order valence-electron chi connectivity index (χ4n) is 3.54. The van der Waals surface area contributed by atoms with Crippen LogP contribution in [0, 0.1) is 11.3 Å². The number of rotatable bonds is 3. The molecule has 0 N–H and O–H groups in total. The molecule has 1 atom stereocenters. The van der Waals surface area contributed by atoms with Crippen LogP contribution in [0.25, 0.3) is 0 Å². The normalized spacial score (nSPS) is 30.5. The Morgan fingerprint density at radius 3 is 2.59 bits per heavy atom. The van der Waals surface area contributed by atoms with Crippen molar-refractivity contribution in [1.29, 1.82) is 0 Å². The second-order valence-electron chi connectivity index (χ2n) is 5.30. The molecule has 2 rings (SSSR count). The highest BCUT2D eigenvalue weighted by atomic mass is 16.5. The standard InChI is InChI=1S/C14H22O3/c1-2-17-13(16)14(11-7-3-4-8-11)10-6-5-9-12(14)15/h11H,2-10H2,1H3. The van der Waals surface area contributed by atoms with Gasteiger partial charge in [-0.25, -0.2) is 0 Å². The second-order valence-corrected chi connectivity index (χ2v) is 5.30. The first-order valence-electron chi connectivity index (χ1n) is 6.92. The smallest absolute Gasteiger partial charge is 0.319 e. The monoisotopic (exact) mass is 238 g/mol. The number of ether oxygens (including phenoxy) is 1. The number of ketones is 1. The number of hydrogen-bond acceptors (Lipinski definition) is 3. The molecular weight excluding hydrogens is 216 g/mol. The largest absolute Gasteiger partial charge is 0.465 e. The van der Waals surface area contributed by atoms with Crippen molar-refractivity contribution >= 4 is 11.8 Å². The van der Waals surface area contributed by atoms with Crippen LogP contribution in [0.5, 0.6) is 0 Å². The average molecular weight is 238 g/mol. The van der Waals surface area contributed by atoms with E-state index in [0.717, 1.165) is 44.9 Å². The number of esters is 1. The van der Waals surface area contributed by atoms with Gasteiger partial charge in [-0.05, 0) is 38.5 Å². The molecule has 2 saturated carbocycles. The number of Topliss-reactive ketones (excluding diaryl/α,β-unsaturated/α-hetero) is 1. The molecule has 0 spiro atoms. The molecule has 2 aliphatic carbocycles. The van der Waals surface area contributed by atoms with Gasteiger partial charge in [0, 0.05) is 6.42 Å². The minimum atomic E-state index is -0.773. The molecule has 0 saturated heterocycles. The zero-order valence-electron chi connectivity index (χ0n) is 10.7. The topological polar surface area (TPSA) is 43.4 Å². The molecule has 0 aliphatic heterocycles. The summed E-state index contributed by atoms with van der Waals surface area (Å²) in [5.41, 5.74) is -0.773. The molecule has 0 aromatic rings. The summed E-state index contributed by atoms with van der Waals surface area (Å²) >= 11 is 0. The zero-order valence-corrected chi connectivity index (χ0v) is 10.7. The van der Waals surface area contributed by atoms with E-state index in [1.165, 1.54) is 0 Å². The zero-order chi connectivity index (χ0) is 12.3.